The summed E-state index contributed by atoms with van der Waals surface area (Å²) in [6.07, 6.45) is -1.83. The Morgan fingerprint density at radius 1 is 1.28 bits per heavy atom. The van der Waals surface area contributed by atoms with Gasteiger partial charge in [-0.2, -0.15) is 13.2 Å². The summed E-state index contributed by atoms with van der Waals surface area (Å²) in [5.74, 6) is 0.253. The van der Waals surface area contributed by atoms with Crippen LogP contribution in [0.4, 0.5) is 13.2 Å². The number of alkyl halides is 3. The van der Waals surface area contributed by atoms with Crippen LogP contribution in [0.5, 0.6) is 0 Å². The van der Waals surface area contributed by atoms with Gasteiger partial charge < -0.3 is 0 Å². The number of aromatic nitrogens is 4. The van der Waals surface area contributed by atoms with Gasteiger partial charge in [-0.1, -0.05) is 0 Å². The normalized spacial score (nSPS) is 17.1. The highest BCUT2D eigenvalue weighted by atomic mass is 32.1. The summed E-state index contributed by atoms with van der Waals surface area (Å²) in [6.45, 7) is 4.82. The van der Waals surface area contributed by atoms with Gasteiger partial charge in [-0.3, -0.25) is 14.3 Å². The van der Waals surface area contributed by atoms with Crippen LogP contribution in [-0.2, 0) is 19.3 Å². The number of halogens is 3. The summed E-state index contributed by atoms with van der Waals surface area (Å²) >= 11 is 1.58. The van der Waals surface area contributed by atoms with Crippen LogP contribution in [-0.4, -0.2) is 37.7 Å². The molecule has 3 rings (SSSR count). The highest BCUT2D eigenvalue weighted by Crippen LogP contribution is 2.26. The van der Waals surface area contributed by atoms with Crippen molar-refractivity contribution in [3.8, 4) is 0 Å². The van der Waals surface area contributed by atoms with Crippen LogP contribution >= 0.6 is 11.3 Å². The minimum absolute atomic E-state index is 0.253. The van der Waals surface area contributed by atoms with Gasteiger partial charge in [-0.15, -0.1) is 21.5 Å². The van der Waals surface area contributed by atoms with Gasteiger partial charge in [0.2, 0.25) is 0 Å². The lowest BCUT2D eigenvalue weighted by Crippen LogP contribution is -2.36. The third-order valence-corrected chi connectivity index (χ3v) is 5.08. The van der Waals surface area contributed by atoms with Crippen LogP contribution in [0.3, 0.4) is 0 Å². The number of hydrogen-bond acceptors (Lipinski definition) is 6. The molecule has 6 nitrogen and oxygen atoms in total. The molecule has 0 radical (unpaired) electrons. The van der Waals surface area contributed by atoms with E-state index in [9.17, 15) is 18.0 Å². The minimum atomic E-state index is -4.59. The second-order valence-corrected chi connectivity index (χ2v) is 7.46. The average molecular weight is 373 g/mol. The molecule has 0 N–H and O–H groups in total. The maximum absolute atomic E-state index is 12.6. The second kappa shape index (κ2) is 7.20. The lowest BCUT2D eigenvalue weighted by molar-refractivity contribution is -0.141. The Kier molecular flexibility index (Phi) is 5.19. The van der Waals surface area contributed by atoms with Gasteiger partial charge in [0, 0.05) is 12.6 Å². The summed E-state index contributed by atoms with van der Waals surface area (Å²) in [7, 11) is 0. The molecule has 0 atom stereocenters. The first-order chi connectivity index (χ1) is 11.8. The standard InChI is InChI=1S/C15H18F3N5OS/c1-10-20-21-13(25-10)8-22-4-2-11(3-5-22)7-23-9-19-12(6-14(23)24)15(16,17)18/h6,9,11H,2-5,7-8H2,1H3. The van der Waals surface area contributed by atoms with Crippen molar-refractivity contribution in [2.75, 3.05) is 13.1 Å². The van der Waals surface area contributed by atoms with Crippen molar-refractivity contribution in [2.45, 2.75) is 39.0 Å². The van der Waals surface area contributed by atoms with Crippen molar-refractivity contribution < 1.29 is 13.2 Å². The van der Waals surface area contributed by atoms with E-state index in [0.29, 0.717) is 12.6 Å². The predicted molar refractivity (Wildman–Crippen MR) is 86.1 cm³/mol. The fourth-order valence-electron chi connectivity index (χ4n) is 2.92. The van der Waals surface area contributed by atoms with Crippen molar-refractivity contribution in [1.82, 2.24) is 24.6 Å². The maximum Gasteiger partial charge on any atom is 0.433 e. The third-order valence-electron chi connectivity index (χ3n) is 4.26. The van der Waals surface area contributed by atoms with Gasteiger partial charge >= 0.3 is 6.18 Å². The molecule has 0 saturated carbocycles. The Hall–Kier alpha value is -1.81. The first kappa shape index (κ1) is 18.0. The zero-order valence-electron chi connectivity index (χ0n) is 13.7. The Balaban J connectivity index is 1.54. The number of rotatable bonds is 4. The van der Waals surface area contributed by atoms with E-state index in [4.69, 9.17) is 0 Å². The molecule has 0 unspecified atom stereocenters. The summed E-state index contributed by atoms with van der Waals surface area (Å²) in [5.41, 5.74) is -1.80. The van der Waals surface area contributed by atoms with Crippen LogP contribution in [0.2, 0.25) is 0 Å². The van der Waals surface area contributed by atoms with Crippen LogP contribution in [0.15, 0.2) is 17.2 Å². The number of aryl methyl sites for hydroxylation is 1. The van der Waals surface area contributed by atoms with E-state index in [1.54, 1.807) is 11.3 Å². The summed E-state index contributed by atoms with van der Waals surface area (Å²) in [5, 5.41) is 10.1. The molecule has 2 aromatic rings. The lowest BCUT2D eigenvalue weighted by Gasteiger charge is -2.31. The molecule has 0 spiro atoms. The fourth-order valence-corrected chi connectivity index (χ4v) is 3.67. The smallest absolute Gasteiger partial charge is 0.299 e. The molecule has 1 aliphatic rings. The molecule has 1 aliphatic heterocycles. The number of piperidine rings is 1. The van der Waals surface area contributed by atoms with Gasteiger partial charge in [0.25, 0.3) is 5.56 Å². The first-order valence-corrected chi connectivity index (χ1v) is 8.78. The Morgan fingerprint density at radius 2 is 2.00 bits per heavy atom. The predicted octanol–water partition coefficient (Wildman–Crippen LogP) is 2.33. The summed E-state index contributed by atoms with van der Waals surface area (Å²) < 4.78 is 38.9. The van der Waals surface area contributed by atoms with E-state index in [0.717, 1.165) is 48.8 Å². The number of likely N-dealkylation sites (tertiary alicyclic amines) is 1. The molecule has 3 heterocycles. The van der Waals surface area contributed by atoms with Gasteiger partial charge in [0.05, 0.1) is 12.9 Å². The molecule has 0 bridgehead atoms. The molecular formula is C15H18F3N5OS. The third kappa shape index (κ3) is 4.63. The Morgan fingerprint density at radius 3 is 2.56 bits per heavy atom. The SMILES string of the molecule is Cc1nnc(CN2CCC(Cn3cnc(C(F)(F)F)cc3=O)CC2)s1. The second-order valence-electron chi connectivity index (χ2n) is 6.20. The van der Waals surface area contributed by atoms with Gasteiger partial charge in [-0.05, 0) is 38.8 Å². The van der Waals surface area contributed by atoms with Gasteiger partial charge in [0.15, 0.2) is 5.69 Å². The zero-order chi connectivity index (χ0) is 18.0. The van der Waals surface area contributed by atoms with Crippen LogP contribution in [0, 0.1) is 12.8 Å². The van der Waals surface area contributed by atoms with Crippen molar-refractivity contribution in [3.63, 3.8) is 0 Å². The first-order valence-electron chi connectivity index (χ1n) is 7.96. The van der Waals surface area contributed by atoms with E-state index in [2.05, 4.69) is 20.1 Å². The van der Waals surface area contributed by atoms with Crippen molar-refractivity contribution in [3.05, 3.63) is 38.5 Å². The molecule has 0 aromatic carbocycles. The largest absolute Gasteiger partial charge is 0.433 e. The van der Waals surface area contributed by atoms with E-state index in [1.165, 1.54) is 4.57 Å². The molecular weight excluding hydrogens is 355 g/mol. The van der Waals surface area contributed by atoms with Gasteiger partial charge in [-0.25, -0.2) is 4.98 Å². The molecule has 10 heteroatoms. The lowest BCUT2D eigenvalue weighted by atomic mass is 9.97. The Labute approximate surface area is 146 Å². The minimum Gasteiger partial charge on any atom is -0.299 e. The van der Waals surface area contributed by atoms with Crippen LogP contribution in [0.1, 0.15) is 28.6 Å². The summed E-state index contributed by atoms with van der Waals surface area (Å²) in [6, 6.07) is 0.562. The molecule has 25 heavy (non-hydrogen) atoms. The molecule has 2 aromatic heterocycles. The van der Waals surface area contributed by atoms with E-state index in [1.807, 2.05) is 6.92 Å². The van der Waals surface area contributed by atoms with Crippen molar-refractivity contribution in [2.24, 2.45) is 5.92 Å². The zero-order valence-corrected chi connectivity index (χ0v) is 14.5. The number of hydrogen-bond donors (Lipinski definition) is 0. The van der Waals surface area contributed by atoms with E-state index >= 15 is 0 Å². The molecule has 0 aliphatic carbocycles. The molecule has 1 saturated heterocycles. The fraction of sp³-hybridized carbons (Fsp3) is 0.600. The number of nitrogens with zero attached hydrogens (tertiary/aromatic N) is 5. The van der Waals surface area contributed by atoms with E-state index in [-0.39, 0.29) is 5.92 Å². The topological polar surface area (TPSA) is 63.9 Å². The van der Waals surface area contributed by atoms with Crippen LogP contribution < -0.4 is 5.56 Å². The highest BCUT2D eigenvalue weighted by molar-refractivity contribution is 7.11. The van der Waals surface area contributed by atoms with Crippen molar-refractivity contribution >= 4 is 11.3 Å². The Bertz CT molecular complexity index is 780. The highest BCUT2D eigenvalue weighted by Gasteiger charge is 2.33. The molecule has 136 valence electrons. The van der Waals surface area contributed by atoms with Crippen molar-refractivity contribution in [1.29, 1.82) is 0 Å². The quantitative estimate of drug-likeness (QED) is 0.823. The molecule has 1 fully saturated rings. The van der Waals surface area contributed by atoms with Crippen LogP contribution in [0.25, 0.3) is 0 Å². The monoisotopic (exact) mass is 373 g/mol. The van der Waals surface area contributed by atoms with E-state index < -0.39 is 17.4 Å². The van der Waals surface area contributed by atoms with Gasteiger partial charge in [0.1, 0.15) is 10.0 Å². The summed E-state index contributed by atoms with van der Waals surface area (Å²) in [4.78, 5) is 17.5. The molecule has 0 amide bonds. The average Bonchev–Trinajstić information content (AvgIpc) is 2.95. The maximum atomic E-state index is 12.6.